The Labute approximate surface area is 190 Å². The largest absolute Gasteiger partial charge is 0.478 e. The third-order valence-corrected chi connectivity index (χ3v) is 6.10. The number of carboxylic acid groups (broad SMARTS) is 1. The first-order valence-corrected chi connectivity index (χ1v) is 10.7. The van der Waals surface area contributed by atoms with Crippen LogP contribution in [0.1, 0.15) is 27.3 Å². The van der Waals surface area contributed by atoms with Gasteiger partial charge in [0.25, 0.3) is 0 Å². The number of hydrogen-bond acceptors (Lipinski definition) is 6. The van der Waals surface area contributed by atoms with E-state index in [4.69, 9.17) is 4.74 Å². The van der Waals surface area contributed by atoms with Crippen LogP contribution in [-0.4, -0.2) is 44.8 Å². The number of aromatic carboxylic acids is 1. The number of carboxylic acids is 1. The Morgan fingerprint density at radius 3 is 2.52 bits per heavy atom. The number of hydrogen-bond donors (Lipinski definition) is 1. The second-order valence-electron chi connectivity index (χ2n) is 7.60. The van der Waals surface area contributed by atoms with Crippen LogP contribution < -0.4 is 4.74 Å². The maximum Gasteiger partial charge on any atom is 0.394 e. The van der Waals surface area contributed by atoms with Crippen LogP contribution in [0.15, 0.2) is 42.5 Å². The van der Waals surface area contributed by atoms with E-state index in [1.807, 2.05) is 6.92 Å². The van der Waals surface area contributed by atoms with Crippen molar-refractivity contribution < 1.29 is 32.6 Å². The van der Waals surface area contributed by atoms with Crippen molar-refractivity contribution in [2.75, 3.05) is 6.54 Å². The fourth-order valence-electron chi connectivity index (χ4n) is 3.47. The highest BCUT2D eigenvalue weighted by Gasteiger charge is 2.47. The summed E-state index contributed by atoms with van der Waals surface area (Å²) < 4.78 is 45.0. The van der Waals surface area contributed by atoms with Gasteiger partial charge >= 0.3 is 12.1 Å². The van der Waals surface area contributed by atoms with Crippen LogP contribution in [0.5, 0.6) is 11.5 Å². The van der Waals surface area contributed by atoms with Crippen molar-refractivity contribution in [3.8, 4) is 22.1 Å². The van der Waals surface area contributed by atoms with Crippen molar-refractivity contribution in [1.82, 2.24) is 15.1 Å². The number of nitrogens with zero attached hydrogens (tertiary/aromatic N) is 3. The van der Waals surface area contributed by atoms with Crippen LogP contribution >= 0.6 is 11.3 Å². The summed E-state index contributed by atoms with van der Waals surface area (Å²) in [5, 5.41) is 18.9. The van der Waals surface area contributed by atoms with E-state index in [0.29, 0.717) is 11.3 Å². The van der Waals surface area contributed by atoms with Crippen molar-refractivity contribution in [3.05, 3.63) is 58.6 Å². The van der Waals surface area contributed by atoms with Gasteiger partial charge in [0.15, 0.2) is 0 Å². The average Bonchev–Trinajstić information content (AvgIpc) is 3.35. The number of aryl methyl sites for hydroxylation is 1. The molecule has 0 aliphatic carbocycles. The Balaban J connectivity index is 1.57. The summed E-state index contributed by atoms with van der Waals surface area (Å²) in [6, 6.07) is 11.0. The number of amides is 1. The molecule has 2 aromatic carbocycles. The second-order valence-corrected chi connectivity index (χ2v) is 8.78. The fourth-order valence-corrected chi connectivity index (χ4v) is 4.17. The third kappa shape index (κ3) is 5.14. The van der Waals surface area contributed by atoms with E-state index in [2.05, 4.69) is 10.2 Å². The molecule has 2 heterocycles. The number of carbonyl (C=O) groups is 2. The van der Waals surface area contributed by atoms with Gasteiger partial charge in [-0.25, -0.2) is 4.79 Å². The summed E-state index contributed by atoms with van der Waals surface area (Å²) >= 11 is 1.43. The molecule has 1 N–H and O–H groups in total. The topological polar surface area (TPSA) is 92.6 Å². The van der Waals surface area contributed by atoms with Crippen LogP contribution in [0.25, 0.3) is 10.6 Å². The lowest BCUT2D eigenvalue weighted by atomic mass is 10.1. The summed E-state index contributed by atoms with van der Waals surface area (Å²) in [7, 11) is 0. The Morgan fingerprint density at radius 1 is 1.21 bits per heavy atom. The van der Waals surface area contributed by atoms with Gasteiger partial charge in [0.1, 0.15) is 21.5 Å². The minimum absolute atomic E-state index is 0.0457. The molecule has 172 valence electrons. The highest BCUT2D eigenvalue weighted by Crippen LogP contribution is 2.36. The molecule has 3 aromatic rings. The SMILES string of the molecule is Cc1nnc(-c2ccc(Oc3cc(C(=O)O)ccc3CN3CC(C(F)(F)F)CC3=O)cc2)s1. The second kappa shape index (κ2) is 8.81. The number of alkyl halides is 3. The number of benzene rings is 2. The van der Waals surface area contributed by atoms with E-state index in [-0.39, 0.29) is 17.9 Å². The predicted molar refractivity (Wildman–Crippen MR) is 113 cm³/mol. The van der Waals surface area contributed by atoms with Gasteiger partial charge in [0, 0.05) is 30.6 Å². The summed E-state index contributed by atoms with van der Waals surface area (Å²) in [6.07, 6.45) is -5.05. The van der Waals surface area contributed by atoms with Crippen LogP contribution in [0.3, 0.4) is 0 Å². The summed E-state index contributed by atoms with van der Waals surface area (Å²) in [5.74, 6) is -2.96. The lowest BCUT2D eigenvalue weighted by molar-refractivity contribution is -0.171. The minimum atomic E-state index is -4.45. The van der Waals surface area contributed by atoms with Crippen molar-refractivity contribution in [3.63, 3.8) is 0 Å². The molecule has 1 aliphatic rings. The Bertz CT molecular complexity index is 1190. The molecular formula is C22H18F3N3O4S. The standard InChI is InChI=1S/C22H18F3N3O4S/c1-12-26-27-20(33-12)13-4-6-17(7-5-13)32-18-8-14(21(30)31)2-3-15(18)10-28-11-16(9-19(28)29)22(23,24)25/h2-8,16H,9-11H2,1H3,(H,30,31). The lowest BCUT2D eigenvalue weighted by Crippen LogP contribution is -2.28. The number of likely N-dealkylation sites (tertiary alicyclic amines) is 1. The van der Waals surface area contributed by atoms with Gasteiger partial charge in [0.05, 0.1) is 11.5 Å². The molecule has 7 nitrogen and oxygen atoms in total. The molecule has 1 fully saturated rings. The molecule has 0 spiro atoms. The molecule has 1 unspecified atom stereocenters. The Morgan fingerprint density at radius 2 is 1.94 bits per heavy atom. The Kier molecular flexibility index (Phi) is 6.07. The van der Waals surface area contributed by atoms with E-state index < -0.39 is 36.9 Å². The van der Waals surface area contributed by atoms with Gasteiger partial charge in [-0.05, 0) is 43.3 Å². The van der Waals surface area contributed by atoms with Crippen LogP contribution in [0.2, 0.25) is 0 Å². The molecule has 0 radical (unpaired) electrons. The van der Waals surface area contributed by atoms with Gasteiger partial charge in [-0.2, -0.15) is 13.2 Å². The van der Waals surface area contributed by atoms with E-state index in [1.54, 1.807) is 24.3 Å². The van der Waals surface area contributed by atoms with Gasteiger partial charge in [-0.3, -0.25) is 4.79 Å². The number of carbonyl (C=O) groups excluding carboxylic acids is 1. The summed E-state index contributed by atoms with van der Waals surface area (Å²) in [5.41, 5.74) is 1.18. The van der Waals surface area contributed by atoms with Crippen molar-refractivity contribution in [2.45, 2.75) is 26.1 Å². The average molecular weight is 477 g/mol. The quantitative estimate of drug-likeness (QED) is 0.542. The molecule has 11 heteroatoms. The third-order valence-electron chi connectivity index (χ3n) is 5.21. The molecule has 1 saturated heterocycles. The highest BCUT2D eigenvalue weighted by molar-refractivity contribution is 7.14. The van der Waals surface area contributed by atoms with E-state index in [9.17, 15) is 27.9 Å². The minimum Gasteiger partial charge on any atom is -0.478 e. The van der Waals surface area contributed by atoms with Crippen LogP contribution in [-0.2, 0) is 11.3 Å². The van der Waals surface area contributed by atoms with Crippen LogP contribution in [0, 0.1) is 12.8 Å². The highest BCUT2D eigenvalue weighted by atomic mass is 32.1. The first-order valence-electron chi connectivity index (χ1n) is 9.89. The predicted octanol–water partition coefficient (Wildman–Crippen LogP) is 4.91. The maximum atomic E-state index is 13.0. The molecule has 1 amide bonds. The lowest BCUT2D eigenvalue weighted by Gasteiger charge is -2.20. The number of halogens is 3. The van der Waals surface area contributed by atoms with E-state index >= 15 is 0 Å². The van der Waals surface area contributed by atoms with Gasteiger partial charge in [-0.15, -0.1) is 10.2 Å². The molecule has 4 rings (SSSR count). The summed E-state index contributed by atoms with van der Waals surface area (Å²) in [6.45, 7) is 1.28. The van der Waals surface area contributed by atoms with Gasteiger partial charge in [-0.1, -0.05) is 17.4 Å². The van der Waals surface area contributed by atoms with Crippen molar-refractivity contribution >= 4 is 23.2 Å². The molecule has 33 heavy (non-hydrogen) atoms. The molecule has 1 atom stereocenters. The first-order chi connectivity index (χ1) is 15.6. The van der Waals surface area contributed by atoms with Gasteiger partial charge < -0.3 is 14.7 Å². The first kappa shape index (κ1) is 22.7. The Hall–Kier alpha value is -3.47. The number of aromatic nitrogens is 2. The smallest absolute Gasteiger partial charge is 0.394 e. The van der Waals surface area contributed by atoms with Crippen molar-refractivity contribution in [1.29, 1.82) is 0 Å². The number of ether oxygens (including phenoxy) is 1. The zero-order valence-corrected chi connectivity index (χ0v) is 18.1. The fraction of sp³-hybridized carbons (Fsp3) is 0.273. The zero-order chi connectivity index (χ0) is 23.8. The molecule has 0 bridgehead atoms. The van der Waals surface area contributed by atoms with E-state index in [1.165, 1.54) is 29.5 Å². The number of rotatable bonds is 6. The molecule has 1 aromatic heterocycles. The molecular weight excluding hydrogens is 459 g/mol. The molecule has 1 aliphatic heterocycles. The van der Waals surface area contributed by atoms with E-state index in [0.717, 1.165) is 20.5 Å². The maximum absolute atomic E-state index is 13.0. The normalized spacial score (nSPS) is 16.3. The monoisotopic (exact) mass is 477 g/mol. The zero-order valence-electron chi connectivity index (χ0n) is 17.3. The molecule has 0 saturated carbocycles. The summed E-state index contributed by atoms with van der Waals surface area (Å²) in [4.78, 5) is 24.7. The van der Waals surface area contributed by atoms with Crippen LogP contribution in [0.4, 0.5) is 13.2 Å². The van der Waals surface area contributed by atoms with Crippen molar-refractivity contribution in [2.24, 2.45) is 5.92 Å². The van der Waals surface area contributed by atoms with Gasteiger partial charge in [0.2, 0.25) is 5.91 Å².